The Balaban J connectivity index is 1.63. The first-order valence-electron chi connectivity index (χ1n) is 9.02. The summed E-state index contributed by atoms with van der Waals surface area (Å²) in [5.74, 6) is 0.621. The van der Waals surface area contributed by atoms with Gasteiger partial charge in [0.15, 0.2) is 0 Å². The van der Waals surface area contributed by atoms with Gasteiger partial charge in [-0.2, -0.15) is 4.72 Å². The van der Waals surface area contributed by atoms with Crippen LogP contribution in [-0.4, -0.2) is 80.2 Å². The minimum Gasteiger partial charge on any atom is -0.497 e. The summed E-state index contributed by atoms with van der Waals surface area (Å²) in [5.41, 5.74) is 0. The van der Waals surface area contributed by atoms with Crippen LogP contribution in [0.15, 0.2) is 47.6 Å². The average molecular weight is 421 g/mol. The first-order chi connectivity index (χ1) is 13.9. The number of ether oxygens (including phenoxy) is 1. The number of aromatic nitrogens is 2. The van der Waals surface area contributed by atoms with Crippen molar-refractivity contribution in [2.45, 2.75) is 10.9 Å². The molecule has 2 N–H and O–H groups in total. The van der Waals surface area contributed by atoms with Crippen molar-refractivity contribution < 1.29 is 23.1 Å². The Morgan fingerprint density at radius 1 is 1.17 bits per heavy atom. The van der Waals surface area contributed by atoms with Crippen molar-refractivity contribution in [2.75, 3.05) is 44.8 Å². The summed E-state index contributed by atoms with van der Waals surface area (Å²) in [6, 6.07) is 6.23. The fraction of sp³-hybridized carbons (Fsp3) is 0.389. The molecule has 1 fully saturated rings. The number of aliphatic hydroxyl groups is 1. The first kappa shape index (κ1) is 21.0. The molecule has 0 spiro atoms. The van der Waals surface area contributed by atoms with E-state index in [0.717, 1.165) is 0 Å². The third-order valence-corrected chi connectivity index (χ3v) is 6.06. The van der Waals surface area contributed by atoms with Gasteiger partial charge in [0.05, 0.1) is 18.6 Å². The molecule has 1 aromatic heterocycles. The molecule has 0 bridgehead atoms. The first-order valence-corrected chi connectivity index (χ1v) is 10.5. The van der Waals surface area contributed by atoms with Crippen LogP contribution in [0, 0.1) is 0 Å². The number of anilines is 1. The summed E-state index contributed by atoms with van der Waals surface area (Å²) in [5, 5.41) is 9.62. The molecule has 1 atom stereocenters. The number of hydrogen-bond donors (Lipinski definition) is 2. The van der Waals surface area contributed by atoms with Crippen LogP contribution in [0.25, 0.3) is 0 Å². The molecule has 10 nitrogen and oxygen atoms in total. The molecule has 0 aliphatic carbocycles. The molecular formula is C18H23N5O5S. The predicted octanol–water partition coefficient (Wildman–Crippen LogP) is -0.527. The number of hydrogen-bond acceptors (Lipinski definition) is 8. The maximum atomic E-state index is 12.8. The van der Waals surface area contributed by atoms with Crippen LogP contribution in [0.2, 0.25) is 0 Å². The van der Waals surface area contributed by atoms with Crippen LogP contribution in [0.1, 0.15) is 0 Å². The molecule has 3 rings (SSSR count). The van der Waals surface area contributed by atoms with E-state index in [1.807, 2.05) is 4.90 Å². The van der Waals surface area contributed by atoms with Gasteiger partial charge in [0, 0.05) is 38.6 Å². The lowest BCUT2D eigenvalue weighted by Crippen LogP contribution is -2.56. The molecule has 29 heavy (non-hydrogen) atoms. The van der Waals surface area contributed by atoms with E-state index in [9.17, 15) is 18.3 Å². The summed E-state index contributed by atoms with van der Waals surface area (Å²) in [7, 11) is -2.50. The van der Waals surface area contributed by atoms with Gasteiger partial charge in [0.25, 0.3) is 0 Å². The van der Waals surface area contributed by atoms with Crippen molar-refractivity contribution in [1.29, 1.82) is 0 Å². The van der Waals surface area contributed by atoms with Crippen molar-refractivity contribution >= 4 is 21.9 Å². The summed E-state index contributed by atoms with van der Waals surface area (Å²) >= 11 is 0. The van der Waals surface area contributed by atoms with Gasteiger partial charge < -0.3 is 19.6 Å². The molecule has 1 unspecified atom stereocenters. The Morgan fingerprint density at radius 2 is 1.79 bits per heavy atom. The van der Waals surface area contributed by atoms with Crippen molar-refractivity contribution in [3.63, 3.8) is 0 Å². The lowest BCUT2D eigenvalue weighted by Gasteiger charge is -2.36. The molecule has 0 radical (unpaired) electrons. The van der Waals surface area contributed by atoms with Crippen LogP contribution in [0.4, 0.5) is 5.95 Å². The molecule has 11 heteroatoms. The second-order valence-electron chi connectivity index (χ2n) is 6.39. The average Bonchev–Trinajstić information content (AvgIpc) is 2.78. The van der Waals surface area contributed by atoms with Crippen molar-refractivity contribution in [2.24, 2.45) is 0 Å². The highest BCUT2D eigenvalue weighted by molar-refractivity contribution is 7.89. The number of piperazine rings is 1. The third-order valence-electron chi connectivity index (χ3n) is 4.57. The van der Waals surface area contributed by atoms with E-state index in [2.05, 4.69) is 14.7 Å². The Kier molecular flexibility index (Phi) is 6.62. The zero-order valence-electron chi connectivity index (χ0n) is 15.9. The second-order valence-corrected chi connectivity index (χ2v) is 8.11. The monoisotopic (exact) mass is 421 g/mol. The number of carbonyl (C=O) groups excluding carboxylic acids is 1. The molecule has 1 aliphatic heterocycles. The Hall–Kier alpha value is -2.76. The minimum atomic E-state index is -3.98. The number of methoxy groups -OCH3 is 1. The number of nitrogens with one attached hydrogen (secondary N) is 1. The van der Waals surface area contributed by atoms with E-state index in [0.29, 0.717) is 37.9 Å². The maximum Gasteiger partial charge on any atom is 0.243 e. The van der Waals surface area contributed by atoms with Gasteiger partial charge in [0.2, 0.25) is 21.9 Å². The Labute approximate surface area is 169 Å². The zero-order chi connectivity index (χ0) is 20.9. The maximum absolute atomic E-state index is 12.8. The van der Waals surface area contributed by atoms with Gasteiger partial charge in [-0.1, -0.05) is 0 Å². The van der Waals surface area contributed by atoms with E-state index in [1.54, 1.807) is 18.5 Å². The molecule has 1 amide bonds. The topological polar surface area (TPSA) is 125 Å². The number of sulfonamides is 1. The van der Waals surface area contributed by atoms with Crippen molar-refractivity contribution in [3.05, 3.63) is 42.7 Å². The molecule has 0 saturated carbocycles. The SMILES string of the molecule is COc1ccc(S(=O)(=O)NC(CO)C(=O)N2CCN(c3ncccn3)CC2)cc1. The number of aliphatic hydroxyl groups excluding tert-OH is 1. The largest absolute Gasteiger partial charge is 0.497 e. The molecule has 1 saturated heterocycles. The summed E-state index contributed by atoms with van der Waals surface area (Å²) in [4.78, 5) is 24.6. The van der Waals surface area contributed by atoms with Crippen molar-refractivity contribution in [3.8, 4) is 5.75 Å². The van der Waals surface area contributed by atoms with E-state index in [4.69, 9.17) is 4.74 Å². The standard InChI is InChI=1S/C18H23N5O5S/c1-28-14-3-5-15(6-4-14)29(26,27)21-16(13-24)17(25)22-9-11-23(12-10-22)18-19-7-2-8-20-18/h2-8,16,21,24H,9-13H2,1H3. The van der Waals surface area contributed by atoms with E-state index in [-0.39, 0.29) is 4.90 Å². The second kappa shape index (κ2) is 9.16. The molecule has 2 heterocycles. The predicted molar refractivity (Wildman–Crippen MR) is 105 cm³/mol. The van der Waals surface area contributed by atoms with Crippen LogP contribution in [-0.2, 0) is 14.8 Å². The van der Waals surface area contributed by atoms with Crippen LogP contribution >= 0.6 is 0 Å². The number of rotatable bonds is 7. The number of benzene rings is 1. The molecular weight excluding hydrogens is 398 g/mol. The molecule has 2 aromatic rings. The van der Waals surface area contributed by atoms with Crippen LogP contribution in [0.3, 0.4) is 0 Å². The highest BCUT2D eigenvalue weighted by atomic mass is 32.2. The lowest BCUT2D eigenvalue weighted by molar-refractivity contribution is -0.134. The number of nitrogens with zero attached hydrogens (tertiary/aromatic N) is 4. The van der Waals surface area contributed by atoms with E-state index >= 15 is 0 Å². The molecule has 1 aromatic carbocycles. The van der Waals surface area contributed by atoms with Crippen LogP contribution in [0.5, 0.6) is 5.75 Å². The third kappa shape index (κ3) is 5.00. The Bertz CT molecular complexity index is 915. The van der Waals surface area contributed by atoms with Gasteiger partial charge in [-0.25, -0.2) is 18.4 Å². The normalized spacial score (nSPS) is 15.8. The zero-order valence-corrected chi connectivity index (χ0v) is 16.7. The Morgan fingerprint density at radius 3 is 2.34 bits per heavy atom. The highest BCUT2D eigenvalue weighted by Gasteiger charge is 2.31. The van der Waals surface area contributed by atoms with Gasteiger partial charge in [0.1, 0.15) is 11.8 Å². The van der Waals surface area contributed by atoms with E-state index in [1.165, 1.54) is 36.3 Å². The van der Waals surface area contributed by atoms with Gasteiger partial charge in [-0.05, 0) is 30.3 Å². The van der Waals surface area contributed by atoms with Gasteiger partial charge in [-0.15, -0.1) is 0 Å². The summed E-state index contributed by atoms with van der Waals surface area (Å²) < 4.78 is 32.4. The number of amides is 1. The summed E-state index contributed by atoms with van der Waals surface area (Å²) in [6.45, 7) is 1.13. The van der Waals surface area contributed by atoms with Gasteiger partial charge >= 0.3 is 0 Å². The smallest absolute Gasteiger partial charge is 0.243 e. The lowest BCUT2D eigenvalue weighted by atomic mass is 10.2. The molecule has 156 valence electrons. The fourth-order valence-corrected chi connectivity index (χ4v) is 4.16. The summed E-state index contributed by atoms with van der Waals surface area (Å²) in [6.07, 6.45) is 3.30. The molecule has 1 aliphatic rings. The quantitative estimate of drug-likeness (QED) is 0.612. The fourth-order valence-electron chi connectivity index (χ4n) is 2.98. The van der Waals surface area contributed by atoms with Gasteiger partial charge in [-0.3, -0.25) is 4.79 Å². The highest BCUT2D eigenvalue weighted by Crippen LogP contribution is 2.16. The minimum absolute atomic E-state index is 0.0180. The van der Waals surface area contributed by atoms with E-state index < -0.39 is 28.6 Å². The number of carbonyl (C=O) groups is 1. The van der Waals surface area contributed by atoms with Crippen molar-refractivity contribution in [1.82, 2.24) is 19.6 Å². The van der Waals surface area contributed by atoms with Crippen LogP contribution < -0.4 is 14.4 Å².